The Hall–Kier alpha value is -2.97. The number of rotatable bonds is 6. The van der Waals surface area contributed by atoms with Gasteiger partial charge in [-0.25, -0.2) is 9.37 Å². The molecule has 0 spiro atoms. The highest BCUT2D eigenvalue weighted by Gasteiger charge is 2.24. The second kappa shape index (κ2) is 9.03. The summed E-state index contributed by atoms with van der Waals surface area (Å²) in [6.45, 7) is 1.95. The van der Waals surface area contributed by atoms with E-state index in [1.165, 1.54) is 24.3 Å². The van der Waals surface area contributed by atoms with Crippen LogP contribution < -0.4 is 16.4 Å². The zero-order valence-corrected chi connectivity index (χ0v) is 17.7. The van der Waals surface area contributed by atoms with Gasteiger partial charge in [0.2, 0.25) is 0 Å². The van der Waals surface area contributed by atoms with E-state index >= 15 is 0 Å². The number of pyridine rings is 1. The Balaban J connectivity index is 1.70. The smallest absolute Gasteiger partial charge is 0.259 e. The van der Waals surface area contributed by atoms with Gasteiger partial charge >= 0.3 is 0 Å². The predicted octanol–water partition coefficient (Wildman–Crippen LogP) is 4.34. The van der Waals surface area contributed by atoms with Crippen LogP contribution in [0.2, 0.25) is 0 Å². The van der Waals surface area contributed by atoms with Crippen LogP contribution in [-0.2, 0) is 4.74 Å². The molecule has 1 fully saturated rings. The number of anilines is 2. The zero-order valence-electron chi connectivity index (χ0n) is 17.7. The number of methoxy groups -OCH3 is 1. The fourth-order valence-corrected chi connectivity index (χ4v) is 3.97. The third-order valence-corrected chi connectivity index (χ3v) is 5.94. The average Bonchev–Trinajstić information content (AvgIpc) is 3.21. The number of carbonyl (C=O) groups is 1. The number of H-pyrrole nitrogens is 1. The number of hydrogen-bond donors (Lipinski definition) is 4. The summed E-state index contributed by atoms with van der Waals surface area (Å²) in [4.78, 5) is 20.9. The van der Waals surface area contributed by atoms with Crippen molar-refractivity contribution in [3.8, 4) is 0 Å². The van der Waals surface area contributed by atoms with E-state index in [0.29, 0.717) is 16.9 Å². The highest BCUT2D eigenvalue weighted by atomic mass is 19.1. The Bertz CT molecular complexity index is 1060. The molecule has 1 aromatic carbocycles. The van der Waals surface area contributed by atoms with Crippen molar-refractivity contribution in [1.29, 1.82) is 0 Å². The second-order valence-corrected chi connectivity index (χ2v) is 8.13. The molecule has 8 heteroatoms. The van der Waals surface area contributed by atoms with E-state index in [0.717, 1.165) is 42.5 Å². The van der Waals surface area contributed by atoms with Gasteiger partial charge in [0.25, 0.3) is 5.91 Å². The van der Waals surface area contributed by atoms with E-state index in [4.69, 9.17) is 10.5 Å². The Morgan fingerprint density at radius 2 is 1.97 bits per heavy atom. The van der Waals surface area contributed by atoms with Crippen molar-refractivity contribution in [2.75, 3.05) is 17.7 Å². The molecule has 1 atom stereocenters. The van der Waals surface area contributed by atoms with Gasteiger partial charge in [-0.2, -0.15) is 0 Å². The number of aromatic nitrogens is 2. The number of carbonyl (C=O) groups excluding carboxylic acids is 1. The summed E-state index contributed by atoms with van der Waals surface area (Å²) >= 11 is 0. The number of nitrogens with two attached hydrogens (primary N) is 1. The van der Waals surface area contributed by atoms with Gasteiger partial charge in [-0.05, 0) is 62.9 Å². The molecule has 1 unspecified atom stereocenters. The summed E-state index contributed by atoms with van der Waals surface area (Å²) in [7, 11) is 1.65. The van der Waals surface area contributed by atoms with E-state index in [1.807, 2.05) is 13.0 Å². The Morgan fingerprint density at radius 1 is 1.26 bits per heavy atom. The first-order valence-corrected chi connectivity index (χ1v) is 10.6. The molecule has 5 N–H and O–H groups in total. The van der Waals surface area contributed by atoms with E-state index in [2.05, 4.69) is 20.6 Å². The highest BCUT2D eigenvalue weighted by Crippen LogP contribution is 2.32. The van der Waals surface area contributed by atoms with E-state index in [-0.39, 0.29) is 29.9 Å². The summed E-state index contributed by atoms with van der Waals surface area (Å²) in [5, 5.41) is 7.25. The lowest BCUT2D eigenvalue weighted by molar-refractivity contribution is 0.102. The standard InChI is InChI=1S/C23H28FN5O2/c1-13(31-2)20-11-18-21(27-16-9-5-15(25)6-10-16)19(12-26-22(18)29-20)23(30)28-17-7-3-14(24)4-8-17/h3-4,7-8,11-13,15-16H,5-6,9-10,25H2,1-2H3,(H,28,30)(H2,26,27,29). The van der Waals surface area contributed by atoms with Gasteiger partial charge in [-0.15, -0.1) is 0 Å². The largest absolute Gasteiger partial charge is 0.381 e. The summed E-state index contributed by atoms with van der Waals surface area (Å²) in [6.07, 6.45) is 5.21. The molecule has 7 nitrogen and oxygen atoms in total. The van der Waals surface area contributed by atoms with Gasteiger partial charge in [-0.1, -0.05) is 0 Å². The number of halogens is 1. The second-order valence-electron chi connectivity index (χ2n) is 8.13. The Kier molecular flexibility index (Phi) is 6.20. The van der Waals surface area contributed by atoms with Crippen LogP contribution in [0.4, 0.5) is 15.8 Å². The van der Waals surface area contributed by atoms with Gasteiger partial charge in [0.05, 0.1) is 17.4 Å². The molecule has 4 rings (SSSR count). The van der Waals surface area contributed by atoms with Crippen LogP contribution in [0.5, 0.6) is 0 Å². The molecule has 1 aliphatic carbocycles. The molecule has 1 saturated carbocycles. The van der Waals surface area contributed by atoms with Crippen LogP contribution in [0.25, 0.3) is 11.0 Å². The molecular weight excluding hydrogens is 397 g/mol. The van der Waals surface area contributed by atoms with Crippen molar-refractivity contribution in [3.05, 3.63) is 53.6 Å². The first-order chi connectivity index (χ1) is 14.9. The zero-order chi connectivity index (χ0) is 22.0. The molecule has 0 bridgehead atoms. The van der Waals surface area contributed by atoms with Gasteiger partial charge in [0.1, 0.15) is 11.5 Å². The molecule has 1 amide bonds. The molecule has 164 valence electrons. The summed E-state index contributed by atoms with van der Waals surface area (Å²) in [5.74, 6) is -0.662. The van der Waals surface area contributed by atoms with Crippen LogP contribution in [0, 0.1) is 5.82 Å². The minimum absolute atomic E-state index is 0.133. The van der Waals surface area contributed by atoms with E-state index < -0.39 is 0 Å². The third-order valence-electron chi connectivity index (χ3n) is 5.94. The van der Waals surface area contributed by atoms with Crippen molar-refractivity contribution >= 4 is 28.3 Å². The first kappa shape index (κ1) is 21.3. The number of nitrogens with one attached hydrogen (secondary N) is 3. The lowest BCUT2D eigenvalue weighted by atomic mass is 9.91. The molecule has 1 aliphatic rings. The maximum absolute atomic E-state index is 13.2. The lowest BCUT2D eigenvalue weighted by Gasteiger charge is -2.28. The number of fused-ring (bicyclic) bond motifs is 1. The third kappa shape index (κ3) is 4.70. The first-order valence-electron chi connectivity index (χ1n) is 10.6. The number of aromatic amines is 1. The number of benzene rings is 1. The Labute approximate surface area is 180 Å². The van der Waals surface area contributed by atoms with Crippen LogP contribution in [-0.4, -0.2) is 35.1 Å². The van der Waals surface area contributed by atoms with Crippen LogP contribution >= 0.6 is 0 Å². The molecule has 31 heavy (non-hydrogen) atoms. The fraction of sp³-hybridized carbons (Fsp3) is 0.391. The topological polar surface area (TPSA) is 105 Å². The van der Waals surface area contributed by atoms with Crippen LogP contribution in [0.1, 0.15) is 54.8 Å². The number of amides is 1. The summed E-state index contributed by atoms with van der Waals surface area (Å²) in [5.41, 5.74) is 9.31. The highest BCUT2D eigenvalue weighted by molar-refractivity contribution is 6.12. The SMILES string of the molecule is COC(C)c1cc2c(NC3CCC(N)CC3)c(C(=O)Nc3ccc(F)cc3)cnc2[nH]1. The fourth-order valence-electron chi connectivity index (χ4n) is 3.97. The normalized spacial score (nSPS) is 19.9. The maximum Gasteiger partial charge on any atom is 0.259 e. The van der Waals surface area contributed by atoms with Crippen molar-refractivity contribution in [3.63, 3.8) is 0 Å². The average molecular weight is 426 g/mol. The van der Waals surface area contributed by atoms with Crippen molar-refractivity contribution in [2.24, 2.45) is 5.73 Å². The van der Waals surface area contributed by atoms with Gasteiger partial charge in [0.15, 0.2) is 0 Å². The lowest BCUT2D eigenvalue weighted by Crippen LogP contribution is -2.33. The van der Waals surface area contributed by atoms with Crippen LogP contribution in [0.3, 0.4) is 0 Å². The quantitative estimate of drug-likeness (QED) is 0.470. The number of hydrogen-bond acceptors (Lipinski definition) is 5. The minimum Gasteiger partial charge on any atom is -0.381 e. The van der Waals surface area contributed by atoms with Crippen LogP contribution in [0.15, 0.2) is 36.5 Å². The Morgan fingerprint density at radius 3 is 2.65 bits per heavy atom. The number of nitrogens with zero attached hydrogens (tertiary/aromatic N) is 1. The number of ether oxygens (including phenoxy) is 1. The monoisotopic (exact) mass is 425 g/mol. The van der Waals surface area contributed by atoms with Crippen molar-refractivity contribution < 1.29 is 13.9 Å². The molecule has 3 aromatic rings. The van der Waals surface area contributed by atoms with Crippen molar-refractivity contribution in [2.45, 2.75) is 50.8 Å². The minimum atomic E-state index is -0.355. The maximum atomic E-state index is 13.2. The van der Waals surface area contributed by atoms with E-state index in [9.17, 15) is 9.18 Å². The molecular formula is C23H28FN5O2. The van der Waals surface area contributed by atoms with E-state index in [1.54, 1.807) is 13.3 Å². The predicted molar refractivity (Wildman–Crippen MR) is 120 cm³/mol. The van der Waals surface area contributed by atoms with Gasteiger partial charge in [-0.3, -0.25) is 4.79 Å². The van der Waals surface area contributed by atoms with Crippen molar-refractivity contribution in [1.82, 2.24) is 9.97 Å². The van der Waals surface area contributed by atoms with Gasteiger partial charge < -0.3 is 26.1 Å². The molecule has 0 aliphatic heterocycles. The summed E-state index contributed by atoms with van der Waals surface area (Å²) < 4.78 is 18.6. The molecule has 2 heterocycles. The summed E-state index contributed by atoms with van der Waals surface area (Å²) in [6, 6.07) is 8.12. The van der Waals surface area contributed by atoms with Gasteiger partial charge in [0, 0.05) is 42.2 Å². The molecule has 2 aromatic heterocycles. The molecule has 0 radical (unpaired) electrons. The molecule has 0 saturated heterocycles.